The van der Waals surface area contributed by atoms with E-state index in [1.54, 1.807) is 31.2 Å². The molecule has 144 valence electrons. The summed E-state index contributed by atoms with van der Waals surface area (Å²) in [6.07, 6.45) is -0.0401. The first-order valence-corrected chi connectivity index (χ1v) is 9.04. The molecule has 0 radical (unpaired) electrons. The largest absolute Gasteiger partial charge is 0.466 e. The summed E-state index contributed by atoms with van der Waals surface area (Å²) in [5.41, 5.74) is 1.37. The molecule has 1 aromatic heterocycles. The number of hydrogen-bond donors (Lipinski definition) is 1. The number of esters is 1. The first-order chi connectivity index (χ1) is 13.5. The highest BCUT2D eigenvalue weighted by Gasteiger charge is 2.22. The van der Waals surface area contributed by atoms with Crippen molar-refractivity contribution in [1.82, 2.24) is 5.32 Å². The first-order valence-electron chi connectivity index (χ1n) is 9.04. The fraction of sp³-hybridized carbons (Fsp3) is 0.227. The van der Waals surface area contributed by atoms with Crippen molar-refractivity contribution in [2.75, 3.05) is 6.61 Å². The van der Waals surface area contributed by atoms with Crippen LogP contribution < -0.4 is 10.9 Å². The van der Waals surface area contributed by atoms with Gasteiger partial charge in [-0.2, -0.15) is 0 Å². The van der Waals surface area contributed by atoms with E-state index in [1.165, 1.54) is 6.07 Å². The average Bonchev–Trinajstić information content (AvgIpc) is 2.67. The summed E-state index contributed by atoms with van der Waals surface area (Å²) < 4.78 is 10.2. The van der Waals surface area contributed by atoms with Crippen LogP contribution in [-0.4, -0.2) is 18.5 Å². The zero-order chi connectivity index (χ0) is 20.1. The van der Waals surface area contributed by atoms with Crippen molar-refractivity contribution >= 4 is 22.8 Å². The van der Waals surface area contributed by atoms with Crippen molar-refractivity contribution in [2.45, 2.75) is 26.3 Å². The van der Waals surface area contributed by atoms with Crippen LogP contribution in [0.1, 0.15) is 40.9 Å². The van der Waals surface area contributed by atoms with Gasteiger partial charge in [-0.1, -0.05) is 48.0 Å². The maximum Gasteiger partial charge on any atom is 0.349 e. The van der Waals surface area contributed by atoms with Crippen molar-refractivity contribution in [1.29, 1.82) is 0 Å². The maximum absolute atomic E-state index is 12.8. The molecule has 6 nitrogen and oxygen atoms in total. The number of nitrogens with one attached hydrogen (secondary N) is 1. The molecule has 1 heterocycles. The van der Waals surface area contributed by atoms with Gasteiger partial charge in [-0.05, 0) is 31.5 Å². The van der Waals surface area contributed by atoms with Gasteiger partial charge in [0.25, 0.3) is 5.91 Å². The van der Waals surface area contributed by atoms with Crippen molar-refractivity contribution in [3.8, 4) is 0 Å². The van der Waals surface area contributed by atoms with Crippen LogP contribution in [0, 0.1) is 6.92 Å². The van der Waals surface area contributed by atoms with Crippen LogP contribution in [0.5, 0.6) is 0 Å². The second-order valence-corrected chi connectivity index (χ2v) is 6.43. The van der Waals surface area contributed by atoms with Gasteiger partial charge >= 0.3 is 11.6 Å². The molecule has 28 heavy (non-hydrogen) atoms. The second kappa shape index (κ2) is 8.52. The summed E-state index contributed by atoms with van der Waals surface area (Å²) in [5.74, 6) is -1.03. The van der Waals surface area contributed by atoms with E-state index in [2.05, 4.69) is 5.32 Å². The monoisotopic (exact) mass is 379 g/mol. The molecule has 1 amide bonds. The standard InChI is InChI=1S/C22H21NO5/c1-3-27-20(24)13-18(15-10-8-14(2)9-11-15)23-21(25)17-12-16-6-4-5-7-19(16)28-22(17)26/h4-12,18H,3,13H2,1-2H3,(H,23,25)/t18-/m0/s1. The number of hydrogen-bond acceptors (Lipinski definition) is 5. The zero-order valence-corrected chi connectivity index (χ0v) is 15.7. The molecule has 3 aromatic rings. The average molecular weight is 379 g/mol. The van der Waals surface area contributed by atoms with Crippen LogP contribution >= 0.6 is 0 Å². The summed E-state index contributed by atoms with van der Waals surface area (Å²) in [4.78, 5) is 37.0. The highest BCUT2D eigenvalue weighted by Crippen LogP contribution is 2.20. The Hall–Kier alpha value is -3.41. The predicted molar refractivity (Wildman–Crippen MR) is 105 cm³/mol. The molecule has 0 bridgehead atoms. The zero-order valence-electron chi connectivity index (χ0n) is 15.7. The Morgan fingerprint density at radius 2 is 1.82 bits per heavy atom. The Balaban J connectivity index is 1.90. The molecular weight excluding hydrogens is 358 g/mol. The fourth-order valence-corrected chi connectivity index (χ4v) is 2.89. The first kappa shape index (κ1) is 19.4. The van der Waals surface area contributed by atoms with E-state index in [-0.39, 0.29) is 18.6 Å². The Morgan fingerprint density at radius 3 is 2.54 bits per heavy atom. The van der Waals surface area contributed by atoms with Crippen LogP contribution in [-0.2, 0) is 9.53 Å². The summed E-state index contributed by atoms with van der Waals surface area (Å²) in [7, 11) is 0. The molecule has 0 unspecified atom stereocenters. The number of carbonyl (C=O) groups excluding carboxylic acids is 2. The van der Waals surface area contributed by atoms with Crippen molar-refractivity contribution in [3.63, 3.8) is 0 Å². The van der Waals surface area contributed by atoms with Gasteiger partial charge in [0.15, 0.2) is 0 Å². The smallest absolute Gasteiger partial charge is 0.349 e. The fourth-order valence-electron chi connectivity index (χ4n) is 2.89. The van der Waals surface area contributed by atoms with E-state index in [1.807, 2.05) is 31.2 Å². The van der Waals surface area contributed by atoms with E-state index in [0.717, 1.165) is 11.1 Å². The lowest BCUT2D eigenvalue weighted by molar-refractivity contribution is -0.143. The maximum atomic E-state index is 12.8. The number of fused-ring (bicyclic) bond motifs is 1. The molecule has 0 fully saturated rings. The minimum atomic E-state index is -0.727. The molecule has 3 rings (SSSR count). The van der Waals surface area contributed by atoms with Crippen molar-refractivity contribution in [2.24, 2.45) is 0 Å². The molecule has 0 aliphatic carbocycles. The van der Waals surface area contributed by atoms with Crippen molar-refractivity contribution in [3.05, 3.63) is 81.7 Å². The highest BCUT2D eigenvalue weighted by atomic mass is 16.5. The second-order valence-electron chi connectivity index (χ2n) is 6.43. The van der Waals surface area contributed by atoms with Gasteiger partial charge in [-0.25, -0.2) is 4.79 Å². The lowest BCUT2D eigenvalue weighted by Crippen LogP contribution is -2.33. The van der Waals surface area contributed by atoms with E-state index in [0.29, 0.717) is 11.0 Å². The molecule has 0 aliphatic heterocycles. The van der Waals surface area contributed by atoms with E-state index in [9.17, 15) is 14.4 Å². The van der Waals surface area contributed by atoms with Gasteiger partial charge < -0.3 is 14.5 Å². The van der Waals surface area contributed by atoms with E-state index < -0.39 is 23.5 Å². The molecule has 0 spiro atoms. The molecular formula is C22H21NO5. The SMILES string of the molecule is CCOC(=O)C[C@H](NC(=O)c1cc2ccccc2oc1=O)c1ccc(C)cc1. The topological polar surface area (TPSA) is 85.6 Å². The quantitative estimate of drug-likeness (QED) is 0.523. The lowest BCUT2D eigenvalue weighted by Gasteiger charge is -2.18. The molecule has 2 aromatic carbocycles. The van der Waals surface area contributed by atoms with Crippen molar-refractivity contribution < 1.29 is 18.7 Å². The van der Waals surface area contributed by atoms with Gasteiger partial charge in [0.05, 0.1) is 19.1 Å². The van der Waals surface area contributed by atoms with Gasteiger partial charge in [0.1, 0.15) is 11.1 Å². The summed E-state index contributed by atoms with van der Waals surface area (Å²) >= 11 is 0. The minimum Gasteiger partial charge on any atom is -0.466 e. The number of benzene rings is 2. The number of para-hydroxylation sites is 1. The normalized spacial score (nSPS) is 11.8. The molecule has 6 heteroatoms. The summed E-state index contributed by atoms with van der Waals surface area (Å²) in [5, 5.41) is 3.41. The third-order valence-corrected chi connectivity index (χ3v) is 4.35. The third-order valence-electron chi connectivity index (χ3n) is 4.35. The Labute approximate surface area is 162 Å². The molecule has 1 atom stereocenters. The molecule has 0 saturated heterocycles. The minimum absolute atomic E-state index is 0.0401. The predicted octanol–water partition coefficient (Wildman–Crippen LogP) is 3.53. The Bertz CT molecular complexity index is 1050. The summed E-state index contributed by atoms with van der Waals surface area (Å²) in [6, 6.07) is 15.3. The number of amides is 1. The molecule has 0 aliphatic rings. The molecule has 1 N–H and O–H groups in total. The van der Waals surface area contributed by atoms with Crippen LogP contribution in [0.2, 0.25) is 0 Å². The third kappa shape index (κ3) is 4.46. The van der Waals surface area contributed by atoms with Gasteiger partial charge in [-0.3, -0.25) is 9.59 Å². The van der Waals surface area contributed by atoms with Gasteiger partial charge in [-0.15, -0.1) is 0 Å². The van der Waals surface area contributed by atoms with Crippen LogP contribution in [0.3, 0.4) is 0 Å². The van der Waals surface area contributed by atoms with Gasteiger partial charge in [0.2, 0.25) is 0 Å². The van der Waals surface area contributed by atoms with E-state index >= 15 is 0 Å². The number of ether oxygens (including phenoxy) is 1. The summed E-state index contributed by atoms with van der Waals surface area (Å²) in [6.45, 7) is 3.92. The Kier molecular flexibility index (Phi) is 5.89. The number of rotatable bonds is 6. The van der Waals surface area contributed by atoms with E-state index in [4.69, 9.17) is 9.15 Å². The van der Waals surface area contributed by atoms with Crippen LogP contribution in [0.4, 0.5) is 0 Å². The van der Waals surface area contributed by atoms with Gasteiger partial charge in [0, 0.05) is 5.39 Å². The Morgan fingerprint density at radius 1 is 1.11 bits per heavy atom. The number of aryl methyl sites for hydroxylation is 1. The highest BCUT2D eigenvalue weighted by molar-refractivity contribution is 5.97. The van der Waals surface area contributed by atoms with Crippen LogP contribution in [0.25, 0.3) is 11.0 Å². The van der Waals surface area contributed by atoms with Crippen LogP contribution in [0.15, 0.2) is 63.8 Å². The number of carbonyl (C=O) groups is 2. The molecule has 0 saturated carbocycles. The lowest BCUT2D eigenvalue weighted by atomic mass is 10.0.